The Morgan fingerprint density at radius 1 is 0.321 bits per heavy atom. The third kappa shape index (κ3) is 5.81. The van der Waals surface area contributed by atoms with E-state index in [1.807, 2.05) is 0 Å². The van der Waals surface area contributed by atoms with Crippen molar-refractivity contribution in [2.24, 2.45) is 0 Å². The Bertz CT molecular complexity index is 2850. The van der Waals surface area contributed by atoms with Gasteiger partial charge in [0.25, 0.3) is 0 Å². The van der Waals surface area contributed by atoms with Crippen LogP contribution in [0.1, 0.15) is 25.0 Å². The largest absolute Gasteiger partial charge is 0.310 e. The highest BCUT2D eigenvalue weighted by Gasteiger charge is 2.37. The van der Waals surface area contributed by atoms with Crippen LogP contribution < -0.4 is 4.90 Å². The van der Waals surface area contributed by atoms with Gasteiger partial charge < -0.3 is 4.90 Å². The van der Waals surface area contributed by atoms with E-state index in [2.05, 4.69) is 231 Å². The molecule has 266 valence electrons. The summed E-state index contributed by atoms with van der Waals surface area (Å²) in [5, 5.41) is 2.44. The number of hydrogen-bond donors (Lipinski definition) is 0. The van der Waals surface area contributed by atoms with E-state index in [9.17, 15) is 0 Å². The second kappa shape index (κ2) is 13.7. The molecule has 0 atom stereocenters. The lowest BCUT2D eigenvalue weighted by molar-refractivity contribution is 0.660. The van der Waals surface area contributed by atoms with Crippen LogP contribution in [0.3, 0.4) is 0 Å². The lowest BCUT2D eigenvalue weighted by atomic mass is 9.81. The van der Waals surface area contributed by atoms with E-state index in [4.69, 9.17) is 0 Å². The van der Waals surface area contributed by atoms with Gasteiger partial charge in [-0.3, -0.25) is 0 Å². The zero-order valence-corrected chi connectivity index (χ0v) is 31.7. The first kappa shape index (κ1) is 33.6. The maximum atomic E-state index is 2.47. The van der Waals surface area contributed by atoms with Crippen LogP contribution in [-0.4, -0.2) is 0 Å². The Kier molecular flexibility index (Phi) is 8.23. The van der Waals surface area contributed by atoms with Crippen LogP contribution in [0.15, 0.2) is 212 Å². The third-order valence-electron chi connectivity index (χ3n) is 11.6. The quantitative estimate of drug-likeness (QED) is 0.159. The zero-order chi connectivity index (χ0) is 37.6. The van der Waals surface area contributed by atoms with Gasteiger partial charge in [-0.2, -0.15) is 0 Å². The molecule has 9 aromatic carbocycles. The van der Waals surface area contributed by atoms with Gasteiger partial charge in [0.2, 0.25) is 0 Å². The molecule has 0 aliphatic heterocycles. The summed E-state index contributed by atoms with van der Waals surface area (Å²) in [6.45, 7) is 4.77. The van der Waals surface area contributed by atoms with Crippen LogP contribution in [0, 0.1) is 0 Å². The van der Waals surface area contributed by atoms with Gasteiger partial charge in [-0.05, 0) is 114 Å². The smallest absolute Gasteiger partial charge is 0.0546 e. The number of benzene rings is 9. The minimum atomic E-state index is -0.206. The maximum absolute atomic E-state index is 2.47. The van der Waals surface area contributed by atoms with Crippen molar-refractivity contribution >= 4 is 27.8 Å². The molecule has 0 spiro atoms. The van der Waals surface area contributed by atoms with Gasteiger partial charge in [0.05, 0.1) is 5.69 Å². The monoisotopic (exact) mass is 715 g/mol. The first-order valence-electron chi connectivity index (χ1n) is 19.5. The number of anilines is 3. The summed E-state index contributed by atoms with van der Waals surface area (Å²) in [6, 6.07) is 77.6. The predicted octanol–water partition coefficient (Wildman–Crippen LogP) is 15.3. The standard InChI is InChI=1S/C55H41N/c1-55(2)51-27-15-26-48(45-25-14-24-42(34-45)39-18-8-4-9-19-39)54(51)49-33-32-47(37-52(49)55)56(46-30-28-40(29-31-46)38-16-6-3-7-17-38)53-36-44-23-13-12-22-43(44)35-50(53)41-20-10-5-11-21-41/h3-37H,1-2H3. The maximum Gasteiger partial charge on any atom is 0.0546 e. The average Bonchev–Trinajstić information content (AvgIpc) is 3.50. The molecule has 0 saturated carbocycles. The molecule has 0 fully saturated rings. The number of nitrogens with zero attached hydrogens (tertiary/aromatic N) is 1. The van der Waals surface area contributed by atoms with E-state index < -0.39 is 0 Å². The van der Waals surface area contributed by atoms with E-state index in [0.717, 1.165) is 17.1 Å². The van der Waals surface area contributed by atoms with Crippen molar-refractivity contribution in [3.8, 4) is 55.6 Å². The van der Waals surface area contributed by atoms with Crippen LogP contribution in [0.25, 0.3) is 66.4 Å². The molecule has 56 heavy (non-hydrogen) atoms. The Morgan fingerprint density at radius 2 is 0.857 bits per heavy atom. The molecule has 0 bridgehead atoms. The molecule has 0 amide bonds. The summed E-state index contributed by atoms with van der Waals surface area (Å²) < 4.78 is 0. The SMILES string of the molecule is CC1(C)c2cc(N(c3ccc(-c4ccccc4)cc3)c3cc4ccccc4cc3-c3ccccc3)ccc2-c2c(-c3cccc(-c4ccccc4)c3)cccc21. The molecule has 1 aliphatic carbocycles. The molecule has 0 heterocycles. The van der Waals surface area contributed by atoms with Crippen molar-refractivity contribution in [2.45, 2.75) is 19.3 Å². The van der Waals surface area contributed by atoms with Crippen molar-refractivity contribution in [1.82, 2.24) is 0 Å². The number of fused-ring (bicyclic) bond motifs is 4. The van der Waals surface area contributed by atoms with Crippen LogP contribution in [-0.2, 0) is 5.41 Å². The molecular formula is C55H41N. The van der Waals surface area contributed by atoms with E-state index in [-0.39, 0.29) is 5.41 Å². The minimum Gasteiger partial charge on any atom is -0.310 e. The van der Waals surface area contributed by atoms with Gasteiger partial charge in [-0.15, -0.1) is 0 Å². The fraction of sp³-hybridized carbons (Fsp3) is 0.0545. The van der Waals surface area contributed by atoms with Crippen LogP contribution in [0.2, 0.25) is 0 Å². The van der Waals surface area contributed by atoms with Crippen LogP contribution in [0.5, 0.6) is 0 Å². The Hall–Kier alpha value is -6.96. The van der Waals surface area contributed by atoms with Crippen molar-refractivity contribution < 1.29 is 0 Å². The zero-order valence-electron chi connectivity index (χ0n) is 31.7. The van der Waals surface area contributed by atoms with E-state index in [1.165, 1.54) is 77.5 Å². The molecule has 0 saturated heterocycles. The normalized spacial score (nSPS) is 12.6. The van der Waals surface area contributed by atoms with Gasteiger partial charge >= 0.3 is 0 Å². The van der Waals surface area contributed by atoms with E-state index in [0.29, 0.717) is 0 Å². The third-order valence-corrected chi connectivity index (χ3v) is 11.6. The Balaban J connectivity index is 1.16. The molecule has 1 aliphatic rings. The summed E-state index contributed by atoms with van der Waals surface area (Å²) >= 11 is 0. The predicted molar refractivity (Wildman–Crippen MR) is 238 cm³/mol. The molecule has 0 radical (unpaired) electrons. The van der Waals surface area contributed by atoms with E-state index in [1.54, 1.807) is 0 Å². The second-order valence-corrected chi connectivity index (χ2v) is 15.4. The molecular weight excluding hydrogens is 675 g/mol. The molecule has 1 heteroatoms. The molecule has 10 rings (SSSR count). The lowest BCUT2D eigenvalue weighted by Gasteiger charge is -2.30. The highest BCUT2D eigenvalue weighted by molar-refractivity contribution is 6.00. The summed E-state index contributed by atoms with van der Waals surface area (Å²) in [4.78, 5) is 2.47. The molecule has 1 nitrogen and oxygen atoms in total. The Labute approximate surface area is 329 Å². The molecule has 0 aromatic heterocycles. The van der Waals surface area contributed by atoms with Crippen molar-refractivity contribution in [2.75, 3.05) is 4.90 Å². The van der Waals surface area contributed by atoms with Gasteiger partial charge in [-0.25, -0.2) is 0 Å². The fourth-order valence-corrected chi connectivity index (χ4v) is 8.78. The number of rotatable bonds is 7. The first-order chi connectivity index (χ1) is 27.5. The second-order valence-electron chi connectivity index (χ2n) is 15.4. The molecule has 0 unspecified atom stereocenters. The van der Waals surface area contributed by atoms with Crippen LogP contribution >= 0.6 is 0 Å². The molecule has 0 N–H and O–H groups in total. The average molecular weight is 716 g/mol. The van der Waals surface area contributed by atoms with Crippen molar-refractivity contribution in [3.05, 3.63) is 223 Å². The summed E-state index contributed by atoms with van der Waals surface area (Å²) in [5.41, 5.74) is 18.3. The first-order valence-corrected chi connectivity index (χ1v) is 19.5. The molecule has 9 aromatic rings. The summed E-state index contributed by atoms with van der Waals surface area (Å²) in [7, 11) is 0. The fourth-order valence-electron chi connectivity index (χ4n) is 8.78. The van der Waals surface area contributed by atoms with Gasteiger partial charge in [0, 0.05) is 22.4 Å². The summed E-state index contributed by atoms with van der Waals surface area (Å²) in [6.07, 6.45) is 0. The van der Waals surface area contributed by atoms with Gasteiger partial charge in [0.1, 0.15) is 0 Å². The van der Waals surface area contributed by atoms with Crippen LogP contribution in [0.4, 0.5) is 17.1 Å². The van der Waals surface area contributed by atoms with Crippen molar-refractivity contribution in [1.29, 1.82) is 0 Å². The number of hydrogen-bond acceptors (Lipinski definition) is 1. The Morgan fingerprint density at radius 3 is 1.55 bits per heavy atom. The van der Waals surface area contributed by atoms with Gasteiger partial charge in [-0.1, -0.05) is 184 Å². The highest BCUT2D eigenvalue weighted by Crippen LogP contribution is 2.54. The summed E-state index contributed by atoms with van der Waals surface area (Å²) in [5.74, 6) is 0. The highest BCUT2D eigenvalue weighted by atomic mass is 15.1. The van der Waals surface area contributed by atoms with Crippen molar-refractivity contribution in [3.63, 3.8) is 0 Å². The lowest BCUT2D eigenvalue weighted by Crippen LogP contribution is -2.17. The van der Waals surface area contributed by atoms with E-state index >= 15 is 0 Å². The topological polar surface area (TPSA) is 3.24 Å². The van der Waals surface area contributed by atoms with Gasteiger partial charge in [0.15, 0.2) is 0 Å². The minimum absolute atomic E-state index is 0.206.